The number of fused-ring (bicyclic) bond motifs is 1. The van der Waals surface area contributed by atoms with Gasteiger partial charge in [-0.05, 0) is 44.6 Å². The average Bonchev–Trinajstić information content (AvgIpc) is 2.65. The van der Waals surface area contributed by atoms with E-state index in [0.29, 0.717) is 0 Å². The number of rotatable bonds is 9. The molecule has 0 aliphatic heterocycles. The molecule has 0 unspecified atom stereocenters. The van der Waals surface area contributed by atoms with E-state index < -0.39 is 18.2 Å². The number of carbonyl (C=O) groups excluding carboxylic acids is 1. The smallest absolute Gasteiger partial charge is 0.311 e. The third-order valence-electron chi connectivity index (χ3n) is 6.50. The Labute approximate surface area is 164 Å². The largest absolute Gasteiger partial charge is 0.461 e. The number of hydrogen-bond donors (Lipinski definition) is 1. The van der Waals surface area contributed by atoms with Gasteiger partial charge >= 0.3 is 5.97 Å². The van der Waals surface area contributed by atoms with Crippen molar-refractivity contribution in [2.24, 2.45) is 23.7 Å². The van der Waals surface area contributed by atoms with Gasteiger partial charge in [-0.1, -0.05) is 57.8 Å². The molecule has 27 heavy (non-hydrogen) atoms. The summed E-state index contributed by atoms with van der Waals surface area (Å²) in [6, 6.07) is 0. The van der Waals surface area contributed by atoms with Gasteiger partial charge in [-0.25, -0.2) is 4.39 Å². The van der Waals surface area contributed by atoms with Gasteiger partial charge in [0.1, 0.15) is 12.3 Å². The molecule has 0 aromatic rings. The van der Waals surface area contributed by atoms with Gasteiger partial charge in [0.15, 0.2) is 0 Å². The summed E-state index contributed by atoms with van der Waals surface area (Å²) in [5.41, 5.74) is 1.12. The van der Waals surface area contributed by atoms with Crippen LogP contribution in [0.2, 0.25) is 0 Å². The lowest BCUT2D eigenvalue weighted by molar-refractivity contribution is -0.161. The fourth-order valence-electron chi connectivity index (χ4n) is 4.19. The van der Waals surface area contributed by atoms with E-state index in [9.17, 15) is 14.3 Å². The molecule has 0 spiro atoms. The van der Waals surface area contributed by atoms with Gasteiger partial charge in [0.25, 0.3) is 0 Å². The summed E-state index contributed by atoms with van der Waals surface area (Å²) in [4.78, 5) is 12.4. The highest BCUT2D eigenvalue weighted by atomic mass is 19.1. The third kappa shape index (κ3) is 5.91. The monoisotopic (exact) mass is 380 g/mol. The number of hydrogen-bond acceptors (Lipinski definition) is 3. The number of aliphatic hydroxyl groups is 1. The zero-order valence-electron chi connectivity index (χ0n) is 17.4. The number of carbonyl (C=O) groups is 1. The maximum Gasteiger partial charge on any atom is 0.311 e. The maximum atomic E-state index is 14.8. The van der Waals surface area contributed by atoms with Gasteiger partial charge in [0.2, 0.25) is 0 Å². The molecule has 2 aliphatic carbocycles. The molecule has 4 heteroatoms. The van der Waals surface area contributed by atoms with Crippen LogP contribution in [0.5, 0.6) is 0 Å². The van der Waals surface area contributed by atoms with Gasteiger partial charge in [-0.2, -0.15) is 0 Å². The summed E-state index contributed by atoms with van der Waals surface area (Å²) in [5, 5.41) is 9.67. The molecule has 0 radical (unpaired) electrons. The summed E-state index contributed by atoms with van der Waals surface area (Å²) in [5.74, 6) is -0.408. The molecule has 2 aliphatic rings. The lowest BCUT2D eigenvalue weighted by atomic mass is 9.69. The Morgan fingerprint density at radius 2 is 2.07 bits per heavy atom. The minimum absolute atomic E-state index is 0.0625. The maximum absolute atomic E-state index is 14.8. The summed E-state index contributed by atoms with van der Waals surface area (Å²) in [7, 11) is 0. The lowest BCUT2D eigenvalue weighted by Gasteiger charge is -2.40. The number of halogens is 1. The number of aliphatic hydroxyl groups excluding tert-OH is 1. The normalized spacial score (nSPS) is 30.8. The Morgan fingerprint density at radius 3 is 2.74 bits per heavy atom. The van der Waals surface area contributed by atoms with Crippen LogP contribution in [0.4, 0.5) is 4.39 Å². The summed E-state index contributed by atoms with van der Waals surface area (Å²) >= 11 is 0. The summed E-state index contributed by atoms with van der Waals surface area (Å²) < 4.78 is 20.6. The van der Waals surface area contributed by atoms with Gasteiger partial charge in [-0.15, -0.1) is 0 Å². The molecule has 3 nitrogen and oxygen atoms in total. The molecule has 0 amide bonds. The van der Waals surface area contributed by atoms with Gasteiger partial charge in [0.05, 0.1) is 12.0 Å². The fraction of sp³-hybridized carbons (Fsp3) is 0.783. The van der Waals surface area contributed by atoms with E-state index in [0.717, 1.165) is 43.6 Å². The van der Waals surface area contributed by atoms with E-state index in [1.165, 1.54) is 12.8 Å². The first-order valence-corrected chi connectivity index (χ1v) is 10.8. The Kier molecular flexibility index (Phi) is 8.53. The van der Waals surface area contributed by atoms with Crippen LogP contribution in [-0.4, -0.2) is 29.5 Å². The first kappa shape index (κ1) is 22.1. The van der Waals surface area contributed by atoms with Crippen molar-refractivity contribution in [3.8, 4) is 0 Å². The number of ether oxygens (including phenoxy) is 1. The second kappa shape index (κ2) is 10.4. The molecule has 0 aromatic heterocycles. The van der Waals surface area contributed by atoms with E-state index in [1.807, 2.05) is 6.08 Å². The van der Waals surface area contributed by atoms with Crippen molar-refractivity contribution in [3.63, 3.8) is 0 Å². The molecular formula is C23H37FO3. The SMILES string of the molecule is CC[C@H](C)CCCC[C@@H]1[C@@H]2C(=CCC[C@@H]2OC(=O)[C@@H](C)[C@H](C)O)C=C[C@@H]1F. The molecule has 7 atom stereocenters. The van der Waals surface area contributed by atoms with E-state index in [-0.39, 0.29) is 23.9 Å². The molecule has 1 N–H and O–H groups in total. The molecule has 0 bridgehead atoms. The number of allylic oxidation sites excluding steroid dienone is 3. The second-order valence-electron chi connectivity index (χ2n) is 8.58. The van der Waals surface area contributed by atoms with E-state index in [1.54, 1.807) is 19.9 Å². The Hall–Kier alpha value is -1.16. The van der Waals surface area contributed by atoms with Crippen LogP contribution in [-0.2, 0) is 9.53 Å². The molecule has 0 aromatic carbocycles. The lowest BCUT2D eigenvalue weighted by Crippen LogP contribution is -2.42. The first-order chi connectivity index (χ1) is 12.8. The predicted molar refractivity (Wildman–Crippen MR) is 107 cm³/mol. The fourth-order valence-corrected chi connectivity index (χ4v) is 4.19. The van der Waals surface area contributed by atoms with E-state index in [2.05, 4.69) is 19.9 Å². The highest BCUT2D eigenvalue weighted by Crippen LogP contribution is 2.42. The molecular weight excluding hydrogens is 343 g/mol. The van der Waals surface area contributed by atoms with Crippen molar-refractivity contribution in [2.75, 3.05) is 0 Å². The van der Waals surface area contributed by atoms with Crippen LogP contribution in [0.15, 0.2) is 23.8 Å². The number of alkyl halides is 1. The minimum Gasteiger partial charge on any atom is -0.461 e. The Bertz CT molecular complexity index is 540. The average molecular weight is 381 g/mol. The van der Waals surface area contributed by atoms with Gasteiger partial charge in [-0.3, -0.25) is 4.79 Å². The van der Waals surface area contributed by atoms with Crippen LogP contribution in [0, 0.1) is 23.7 Å². The number of esters is 1. The zero-order chi connectivity index (χ0) is 20.0. The minimum atomic E-state index is -0.982. The topological polar surface area (TPSA) is 46.5 Å². The second-order valence-corrected chi connectivity index (χ2v) is 8.58. The highest BCUT2D eigenvalue weighted by molar-refractivity contribution is 5.72. The van der Waals surface area contributed by atoms with Crippen LogP contribution >= 0.6 is 0 Å². The van der Waals surface area contributed by atoms with Gasteiger partial charge in [0, 0.05) is 11.8 Å². The molecule has 0 fully saturated rings. The predicted octanol–water partition coefficient (Wildman–Crippen LogP) is 5.38. The third-order valence-corrected chi connectivity index (χ3v) is 6.50. The van der Waals surface area contributed by atoms with Crippen LogP contribution in [0.25, 0.3) is 0 Å². The van der Waals surface area contributed by atoms with Crippen molar-refractivity contribution in [2.45, 2.75) is 91.0 Å². The number of unbranched alkanes of at least 4 members (excludes halogenated alkanes) is 1. The molecule has 0 heterocycles. The Morgan fingerprint density at radius 1 is 1.33 bits per heavy atom. The summed E-state index contributed by atoms with van der Waals surface area (Å²) in [6.07, 6.45) is 10.6. The molecule has 0 saturated carbocycles. The van der Waals surface area contributed by atoms with Crippen LogP contribution < -0.4 is 0 Å². The molecule has 154 valence electrons. The Balaban J connectivity index is 2.04. The van der Waals surface area contributed by atoms with E-state index in [4.69, 9.17) is 4.74 Å². The summed E-state index contributed by atoms with van der Waals surface area (Å²) in [6.45, 7) is 7.75. The van der Waals surface area contributed by atoms with Crippen molar-refractivity contribution in [1.29, 1.82) is 0 Å². The van der Waals surface area contributed by atoms with Crippen LogP contribution in [0.1, 0.15) is 72.6 Å². The van der Waals surface area contributed by atoms with E-state index >= 15 is 0 Å². The first-order valence-electron chi connectivity index (χ1n) is 10.8. The highest BCUT2D eigenvalue weighted by Gasteiger charge is 2.41. The van der Waals surface area contributed by atoms with Crippen molar-refractivity contribution < 1.29 is 19.0 Å². The van der Waals surface area contributed by atoms with Gasteiger partial charge < -0.3 is 9.84 Å². The zero-order valence-corrected chi connectivity index (χ0v) is 17.4. The van der Waals surface area contributed by atoms with Crippen molar-refractivity contribution >= 4 is 5.97 Å². The van der Waals surface area contributed by atoms with Crippen LogP contribution in [0.3, 0.4) is 0 Å². The molecule has 2 rings (SSSR count). The van der Waals surface area contributed by atoms with Crippen molar-refractivity contribution in [3.05, 3.63) is 23.8 Å². The van der Waals surface area contributed by atoms with Crippen molar-refractivity contribution in [1.82, 2.24) is 0 Å². The molecule has 0 saturated heterocycles. The standard InChI is InChI=1S/C23H37FO3/c1-5-15(2)9-6-7-11-19-20(24)14-13-18-10-8-12-21(22(18)19)27-23(26)16(3)17(4)25/h10,13-17,19-22,25H,5-9,11-12H2,1-4H3/t15-,16-,17-,19-,20-,21-,22-/m0/s1. The quantitative estimate of drug-likeness (QED) is 0.431.